The second-order valence-corrected chi connectivity index (χ2v) is 4.46. The van der Waals surface area contributed by atoms with Gasteiger partial charge in [-0.15, -0.1) is 0 Å². The number of carboxylic acids is 1. The fourth-order valence-corrected chi connectivity index (χ4v) is 1.69. The van der Waals surface area contributed by atoms with E-state index in [1.807, 2.05) is 0 Å². The number of aliphatic carboxylic acids is 1. The molecule has 0 unspecified atom stereocenters. The third kappa shape index (κ3) is 3.64. The van der Waals surface area contributed by atoms with Gasteiger partial charge in [-0.05, 0) is 24.3 Å². The Balaban J connectivity index is 2.76. The van der Waals surface area contributed by atoms with Gasteiger partial charge in [0.2, 0.25) is 0 Å². The molecule has 0 N–H and O–H groups in total. The molecule has 0 aliphatic rings. The quantitative estimate of drug-likeness (QED) is 0.622. The van der Waals surface area contributed by atoms with E-state index in [4.69, 9.17) is 11.6 Å². The SMILES string of the molecule is O=C([O-])C[C@@H](Br)C(=O)c1ccc(Cl)cc1. The molecule has 0 radical (unpaired) electrons. The maximum absolute atomic E-state index is 11.6. The third-order valence-electron chi connectivity index (χ3n) is 1.76. The molecule has 80 valence electrons. The van der Waals surface area contributed by atoms with Gasteiger partial charge in [-0.1, -0.05) is 27.5 Å². The first-order valence-electron chi connectivity index (χ1n) is 4.14. The van der Waals surface area contributed by atoms with Crippen LogP contribution in [0.4, 0.5) is 0 Å². The van der Waals surface area contributed by atoms with Gasteiger partial charge in [0.05, 0.1) is 4.83 Å². The van der Waals surface area contributed by atoms with E-state index in [1.54, 1.807) is 24.3 Å². The van der Waals surface area contributed by atoms with E-state index in [0.717, 1.165) is 0 Å². The maximum atomic E-state index is 11.6. The van der Waals surface area contributed by atoms with Gasteiger partial charge in [-0.2, -0.15) is 0 Å². The molecule has 0 bridgehead atoms. The van der Waals surface area contributed by atoms with Crippen molar-refractivity contribution < 1.29 is 14.7 Å². The molecule has 0 spiro atoms. The molecule has 0 aromatic heterocycles. The second kappa shape index (κ2) is 5.28. The van der Waals surface area contributed by atoms with Crippen molar-refractivity contribution >= 4 is 39.3 Å². The van der Waals surface area contributed by atoms with E-state index in [0.29, 0.717) is 10.6 Å². The van der Waals surface area contributed by atoms with E-state index in [1.165, 1.54) is 0 Å². The summed E-state index contributed by atoms with van der Waals surface area (Å²) in [6.07, 6.45) is -0.346. The predicted octanol–water partition coefficient (Wildman–Crippen LogP) is 1.43. The van der Waals surface area contributed by atoms with Gasteiger partial charge in [0.1, 0.15) is 0 Å². The summed E-state index contributed by atoms with van der Waals surface area (Å²) in [6, 6.07) is 6.25. The molecule has 15 heavy (non-hydrogen) atoms. The normalized spacial score (nSPS) is 12.1. The van der Waals surface area contributed by atoms with Crippen LogP contribution < -0.4 is 5.11 Å². The lowest BCUT2D eigenvalue weighted by atomic mass is 10.1. The van der Waals surface area contributed by atoms with Crippen molar-refractivity contribution in [3.8, 4) is 0 Å². The molecule has 5 heteroatoms. The van der Waals surface area contributed by atoms with E-state index >= 15 is 0 Å². The predicted molar refractivity (Wildman–Crippen MR) is 58.1 cm³/mol. The number of benzene rings is 1. The zero-order valence-corrected chi connectivity index (χ0v) is 9.92. The lowest BCUT2D eigenvalue weighted by Crippen LogP contribution is -2.28. The average Bonchev–Trinajstić information content (AvgIpc) is 2.17. The van der Waals surface area contributed by atoms with E-state index in [2.05, 4.69) is 15.9 Å². The second-order valence-electron chi connectivity index (χ2n) is 2.91. The molecule has 0 saturated heterocycles. The minimum absolute atomic E-state index is 0.295. The lowest BCUT2D eigenvalue weighted by molar-refractivity contribution is -0.305. The summed E-state index contributed by atoms with van der Waals surface area (Å²) >= 11 is 8.65. The highest BCUT2D eigenvalue weighted by Crippen LogP contribution is 2.15. The molecule has 0 aliphatic carbocycles. The molecular weight excluding hydrogens is 283 g/mol. The largest absolute Gasteiger partial charge is 0.550 e. The number of halogens is 2. The maximum Gasteiger partial charge on any atom is 0.176 e. The molecule has 1 aromatic rings. The van der Waals surface area contributed by atoms with Crippen molar-refractivity contribution in [3.63, 3.8) is 0 Å². The molecule has 1 rings (SSSR count). The number of rotatable bonds is 4. The summed E-state index contributed by atoms with van der Waals surface area (Å²) in [5.74, 6) is -1.56. The Morgan fingerprint density at radius 2 is 1.87 bits per heavy atom. The molecule has 1 aromatic carbocycles. The Labute approximate surface area is 100 Å². The van der Waals surface area contributed by atoms with Crippen LogP contribution in [-0.2, 0) is 4.79 Å². The number of carbonyl (C=O) groups excluding carboxylic acids is 2. The third-order valence-corrected chi connectivity index (χ3v) is 2.75. The van der Waals surface area contributed by atoms with Gasteiger partial charge in [0.25, 0.3) is 0 Å². The van der Waals surface area contributed by atoms with Gasteiger partial charge < -0.3 is 9.90 Å². The number of ketones is 1. The van der Waals surface area contributed by atoms with Crippen LogP contribution in [0.2, 0.25) is 5.02 Å². The van der Waals surface area contributed by atoms with Gasteiger partial charge in [0.15, 0.2) is 5.78 Å². The van der Waals surface area contributed by atoms with Crippen molar-refractivity contribution in [2.75, 3.05) is 0 Å². The zero-order valence-electron chi connectivity index (χ0n) is 7.57. The van der Waals surface area contributed by atoms with Gasteiger partial charge in [0, 0.05) is 23.0 Å². The van der Waals surface area contributed by atoms with Crippen LogP contribution in [-0.4, -0.2) is 16.6 Å². The molecular formula is C10H7BrClO3-. The first-order valence-corrected chi connectivity index (χ1v) is 5.44. The Bertz CT molecular complexity index is 375. The summed E-state index contributed by atoms with van der Waals surface area (Å²) in [7, 11) is 0. The molecule has 0 aliphatic heterocycles. The molecule has 3 nitrogen and oxygen atoms in total. The Morgan fingerprint density at radius 1 is 1.33 bits per heavy atom. The number of Topliss-reactive ketones (excluding diaryl/α,β-unsaturated/α-hetero) is 1. The minimum Gasteiger partial charge on any atom is -0.550 e. The number of hydrogen-bond acceptors (Lipinski definition) is 3. The minimum atomic E-state index is -1.26. The lowest BCUT2D eigenvalue weighted by Gasteiger charge is -2.09. The van der Waals surface area contributed by atoms with E-state index in [9.17, 15) is 14.7 Å². The fourth-order valence-electron chi connectivity index (χ4n) is 1.03. The summed E-state index contributed by atoms with van der Waals surface area (Å²) in [4.78, 5) is 21.1. The summed E-state index contributed by atoms with van der Waals surface area (Å²) < 4.78 is 0. The van der Waals surface area contributed by atoms with E-state index in [-0.39, 0.29) is 12.2 Å². The topological polar surface area (TPSA) is 57.2 Å². The average molecular weight is 291 g/mol. The van der Waals surface area contributed by atoms with Gasteiger partial charge >= 0.3 is 0 Å². The summed E-state index contributed by atoms with van der Waals surface area (Å²) in [5, 5.41) is 10.8. The van der Waals surface area contributed by atoms with Crippen LogP contribution in [0.25, 0.3) is 0 Å². The number of carboxylic acid groups (broad SMARTS) is 1. The van der Waals surface area contributed by atoms with Crippen molar-refractivity contribution in [2.45, 2.75) is 11.2 Å². The molecule has 0 fully saturated rings. The molecule has 0 amide bonds. The number of hydrogen-bond donors (Lipinski definition) is 0. The molecule has 1 atom stereocenters. The zero-order chi connectivity index (χ0) is 11.4. The Kier molecular flexibility index (Phi) is 4.29. The number of carbonyl (C=O) groups is 2. The van der Waals surface area contributed by atoms with Crippen molar-refractivity contribution in [1.29, 1.82) is 0 Å². The highest BCUT2D eigenvalue weighted by molar-refractivity contribution is 9.10. The first-order chi connectivity index (χ1) is 7.00. The number of alkyl halides is 1. The summed E-state index contributed by atoms with van der Waals surface area (Å²) in [6.45, 7) is 0. The standard InChI is InChI=1S/C10H8BrClO3/c11-8(5-9(13)14)10(15)6-1-3-7(12)4-2-6/h1-4,8H,5H2,(H,13,14)/p-1/t8-/m1/s1. The van der Waals surface area contributed by atoms with Gasteiger partial charge in [-0.3, -0.25) is 4.79 Å². The highest BCUT2D eigenvalue weighted by Gasteiger charge is 2.16. The van der Waals surface area contributed by atoms with Gasteiger partial charge in [-0.25, -0.2) is 0 Å². The van der Waals surface area contributed by atoms with Crippen molar-refractivity contribution in [3.05, 3.63) is 34.9 Å². The smallest absolute Gasteiger partial charge is 0.176 e. The molecule has 0 heterocycles. The van der Waals surface area contributed by atoms with Crippen LogP contribution in [0.1, 0.15) is 16.8 Å². The van der Waals surface area contributed by atoms with Crippen LogP contribution in [0, 0.1) is 0 Å². The highest BCUT2D eigenvalue weighted by atomic mass is 79.9. The Morgan fingerprint density at radius 3 is 2.33 bits per heavy atom. The first kappa shape index (κ1) is 12.2. The van der Waals surface area contributed by atoms with Crippen LogP contribution in [0.5, 0.6) is 0 Å². The Hall–Kier alpha value is -0.870. The van der Waals surface area contributed by atoms with E-state index < -0.39 is 10.8 Å². The fraction of sp³-hybridized carbons (Fsp3) is 0.200. The van der Waals surface area contributed by atoms with Crippen LogP contribution in [0.15, 0.2) is 24.3 Å². The van der Waals surface area contributed by atoms with Crippen LogP contribution in [0.3, 0.4) is 0 Å². The van der Waals surface area contributed by atoms with Crippen LogP contribution >= 0.6 is 27.5 Å². The summed E-state index contributed by atoms with van der Waals surface area (Å²) in [5.41, 5.74) is 0.419. The van der Waals surface area contributed by atoms with Crippen molar-refractivity contribution in [1.82, 2.24) is 0 Å². The monoisotopic (exact) mass is 289 g/mol. The van der Waals surface area contributed by atoms with Crippen molar-refractivity contribution in [2.24, 2.45) is 0 Å². The molecule has 0 saturated carbocycles.